The quantitative estimate of drug-likeness (QED) is 0.614. The third-order valence-electron chi connectivity index (χ3n) is 1.46. The molecule has 1 rings (SSSR count). The molecule has 0 radical (unpaired) electrons. The van der Waals surface area contributed by atoms with Crippen LogP contribution in [-0.4, -0.2) is 4.98 Å². The van der Waals surface area contributed by atoms with Gasteiger partial charge in [0.25, 0.3) is 0 Å². The van der Waals surface area contributed by atoms with E-state index in [0.717, 1.165) is 5.69 Å². The Hall–Kier alpha value is -0.890. The Kier molecular flexibility index (Phi) is 2.60. The van der Waals surface area contributed by atoms with Crippen molar-refractivity contribution in [2.24, 2.45) is 0 Å². The first-order chi connectivity index (χ1) is 5.24. The van der Waals surface area contributed by atoms with Gasteiger partial charge in [-0.25, -0.2) is 4.98 Å². The molecule has 0 amide bonds. The minimum absolute atomic E-state index is 1.09. The van der Waals surface area contributed by atoms with E-state index < -0.39 is 0 Å². The van der Waals surface area contributed by atoms with Crippen molar-refractivity contribution in [1.82, 2.24) is 4.98 Å². The summed E-state index contributed by atoms with van der Waals surface area (Å²) in [5, 5.41) is 0. The highest BCUT2D eigenvalue weighted by molar-refractivity contribution is 7.10. The van der Waals surface area contributed by atoms with Crippen LogP contribution in [0.25, 0.3) is 6.08 Å². The van der Waals surface area contributed by atoms with Crippen LogP contribution in [0.2, 0.25) is 0 Å². The summed E-state index contributed by atoms with van der Waals surface area (Å²) in [6.07, 6.45) is 3.94. The molecule has 58 valence electrons. The predicted octanol–water partition coefficient (Wildman–Crippen LogP) is 3.04. The lowest BCUT2D eigenvalue weighted by molar-refractivity contribution is 1.26. The van der Waals surface area contributed by atoms with Crippen molar-refractivity contribution in [3.63, 3.8) is 0 Å². The van der Waals surface area contributed by atoms with E-state index in [0.29, 0.717) is 0 Å². The van der Waals surface area contributed by atoms with Crippen molar-refractivity contribution in [3.8, 4) is 0 Å². The zero-order valence-electron chi connectivity index (χ0n) is 6.79. The van der Waals surface area contributed by atoms with Gasteiger partial charge in [0, 0.05) is 0 Å². The Morgan fingerprint density at radius 2 is 2.45 bits per heavy atom. The number of aromatic nitrogens is 1. The van der Waals surface area contributed by atoms with Crippen molar-refractivity contribution in [3.05, 3.63) is 34.3 Å². The first kappa shape index (κ1) is 8.21. The summed E-state index contributed by atoms with van der Waals surface area (Å²) in [5.74, 6) is 0. The van der Waals surface area contributed by atoms with Crippen LogP contribution in [0.4, 0.5) is 0 Å². The Morgan fingerprint density at radius 1 is 1.73 bits per heavy atom. The molecule has 0 unspecified atom stereocenters. The standard InChI is InChI=1S/C9H11NS/c1-4-7(2)5-9-8(3)10-6-11-9/h4-6H,1H2,2-3H3/b7-5-. The molecule has 0 spiro atoms. The van der Waals surface area contributed by atoms with Crippen molar-refractivity contribution in [2.45, 2.75) is 13.8 Å². The van der Waals surface area contributed by atoms with Gasteiger partial charge in [0.15, 0.2) is 0 Å². The van der Waals surface area contributed by atoms with Crippen LogP contribution in [0.5, 0.6) is 0 Å². The normalized spacial score (nSPS) is 11.6. The van der Waals surface area contributed by atoms with Crippen molar-refractivity contribution >= 4 is 17.4 Å². The molecule has 0 N–H and O–H groups in total. The number of hydrogen-bond donors (Lipinski definition) is 0. The lowest BCUT2D eigenvalue weighted by Crippen LogP contribution is -1.73. The molecule has 0 saturated heterocycles. The average Bonchev–Trinajstić information content (AvgIpc) is 2.37. The first-order valence-electron chi connectivity index (χ1n) is 3.45. The number of aryl methyl sites for hydroxylation is 1. The highest BCUT2D eigenvalue weighted by Crippen LogP contribution is 2.16. The predicted molar refractivity (Wildman–Crippen MR) is 50.7 cm³/mol. The van der Waals surface area contributed by atoms with Gasteiger partial charge in [0.05, 0.1) is 16.1 Å². The van der Waals surface area contributed by atoms with Crippen molar-refractivity contribution in [1.29, 1.82) is 0 Å². The highest BCUT2D eigenvalue weighted by atomic mass is 32.1. The fourth-order valence-electron chi connectivity index (χ4n) is 0.715. The van der Waals surface area contributed by atoms with Gasteiger partial charge in [-0.1, -0.05) is 18.2 Å². The van der Waals surface area contributed by atoms with Gasteiger partial charge >= 0.3 is 0 Å². The van der Waals surface area contributed by atoms with Crippen molar-refractivity contribution in [2.75, 3.05) is 0 Å². The second kappa shape index (κ2) is 3.49. The Morgan fingerprint density at radius 3 is 2.91 bits per heavy atom. The average molecular weight is 165 g/mol. The van der Waals surface area contributed by atoms with E-state index in [4.69, 9.17) is 0 Å². The van der Waals surface area contributed by atoms with E-state index >= 15 is 0 Å². The summed E-state index contributed by atoms with van der Waals surface area (Å²) < 4.78 is 0. The molecule has 0 aliphatic rings. The van der Waals surface area contributed by atoms with Gasteiger partial charge in [0.1, 0.15) is 0 Å². The molecule has 1 nitrogen and oxygen atoms in total. The largest absolute Gasteiger partial charge is 0.249 e. The number of allylic oxidation sites excluding steroid dienone is 2. The Labute approximate surface area is 71.1 Å². The second-order valence-corrected chi connectivity index (χ2v) is 3.28. The van der Waals surface area contributed by atoms with Crippen LogP contribution in [0.3, 0.4) is 0 Å². The van der Waals surface area contributed by atoms with Gasteiger partial charge < -0.3 is 0 Å². The summed E-state index contributed by atoms with van der Waals surface area (Å²) in [6, 6.07) is 0. The van der Waals surface area contributed by atoms with Gasteiger partial charge in [0.2, 0.25) is 0 Å². The van der Waals surface area contributed by atoms with Crippen LogP contribution in [0.1, 0.15) is 17.5 Å². The monoisotopic (exact) mass is 165 g/mol. The molecule has 0 aliphatic carbocycles. The molecule has 1 aromatic heterocycles. The van der Waals surface area contributed by atoms with E-state index in [2.05, 4.69) is 17.6 Å². The topological polar surface area (TPSA) is 12.9 Å². The number of rotatable bonds is 2. The highest BCUT2D eigenvalue weighted by Gasteiger charge is 1.95. The smallest absolute Gasteiger partial charge is 0.0801 e. The Balaban J connectivity index is 2.94. The Bertz CT molecular complexity index is 284. The molecule has 0 aromatic carbocycles. The molecule has 0 aliphatic heterocycles. The van der Waals surface area contributed by atoms with Crippen LogP contribution in [-0.2, 0) is 0 Å². The fourth-order valence-corrected chi connectivity index (χ4v) is 1.52. The lowest BCUT2D eigenvalue weighted by atomic mass is 10.2. The lowest BCUT2D eigenvalue weighted by Gasteiger charge is -1.89. The van der Waals surface area contributed by atoms with E-state index in [-0.39, 0.29) is 0 Å². The molecule has 2 heteroatoms. The van der Waals surface area contributed by atoms with Crippen LogP contribution in [0, 0.1) is 6.92 Å². The van der Waals surface area contributed by atoms with E-state index in [1.54, 1.807) is 11.3 Å². The number of nitrogens with zero attached hydrogens (tertiary/aromatic N) is 1. The van der Waals surface area contributed by atoms with Gasteiger partial charge in [-0.2, -0.15) is 0 Å². The summed E-state index contributed by atoms with van der Waals surface area (Å²) in [4.78, 5) is 5.37. The maximum atomic E-state index is 4.14. The zero-order valence-corrected chi connectivity index (χ0v) is 7.61. The molecule has 1 heterocycles. The molecule has 0 saturated carbocycles. The van der Waals surface area contributed by atoms with E-state index in [1.807, 2.05) is 25.4 Å². The zero-order chi connectivity index (χ0) is 8.27. The van der Waals surface area contributed by atoms with Crippen molar-refractivity contribution < 1.29 is 0 Å². The van der Waals surface area contributed by atoms with Crippen LogP contribution < -0.4 is 0 Å². The number of thiazole rings is 1. The molecule has 11 heavy (non-hydrogen) atoms. The second-order valence-electron chi connectivity index (χ2n) is 2.39. The van der Waals surface area contributed by atoms with Gasteiger partial charge in [-0.3, -0.25) is 0 Å². The van der Waals surface area contributed by atoms with Crippen LogP contribution in [0.15, 0.2) is 23.7 Å². The maximum Gasteiger partial charge on any atom is 0.0801 e. The SMILES string of the molecule is C=C/C(C)=C\c1scnc1C. The van der Waals surface area contributed by atoms with Gasteiger partial charge in [-0.15, -0.1) is 11.3 Å². The minimum atomic E-state index is 1.09. The molecule has 0 atom stereocenters. The summed E-state index contributed by atoms with van der Waals surface area (Å²) in [7, 11) is 0. The molecular formula is C9H11NS. The van der Waals surface area contributed by atoms with Gasteiger partial charge in [-0.05, 0) is 19.9 Å². The summed E-state index contributed by atoms with van der Waals surface area (Å²) >= 11 is 1.66. The summed E-state index contributed by atoms with van der Waals surface area (Å²) in [6.45, 7) is 7.73. The van der Waals surface area contributed by atoms with E-state index in [1.165, 1.54) is 10.5 Å². The van der Waals surface area contributed by atoms with Crippen LogP contribution >= 0.6 is 11.3 Å². The number of hydrogen-bond acceptors (Lipinski definition) is 2. The summed E-state index contributed by atoms with van der Waals surface area (Å²) in [5.41, 5.74) is 4.13. The van der Waals surface area contributed by atoms with E-state index in [9.17, 15) is 0 Å². The first-order valence-corrected chi connectivity index (χ1v) is 4.33. The minimum Gasteiger partial charge on any atom is -0.249 e. The molecule has 0 fully saturated rings. The molecule has 0 bridgehead atoms. The molecule has 1 aromatic rings. The third-order valence-corrected chi connectivity index (χ3v) is 2.34. The fraction of sp³-hybridized carbons (Fsp3) is 0.222. The third kappa shape index (κ3) is 2.02. The molecular weight excluding hydrogens is 154 g/mol. The maximum absolute atomic E-state index is 4.14.